The average Bonchev–Trinajstić information content (AvgIpc) is 3.15. The zero-order valence-electron chi connectivity index (χ0n) is 16.3. The third-order valence-electron chi connectivity index (χ3n) is 4.26. The Labute approximate surface area is 173 Å². The Kier molecular flexibility index (Phi) is 7.24. The molecule has 0 bridgehead atoms. The number of carbonyl (C=O) groups excluding carboxylic acids is 1. The molecule has 3 aromatic rings. The van der Waals surface area contributed by atoms with Crippen molar-refractivity contribution in [2.45, 2.75) is 38.1 Å². The largest absolute Gasteiger partial charge is 0.483 e. The van der Waals surface area contributed by atoms with E-state index in [1.807, 2.05) is 48.7 Å². The minimum atomic E-state index is -0.436. The van der Waals surface area contributed by atoms with Crippen LogP contribution >= 0.6 is 11.8 Å². The molecular formula is C21H23FN4O2S. The lowest BCUT2D eigenvalue weighted by molar-refractivity contribution is -0.119. The summed E-state index contributed by atoms with van der Waals surface area (Å²) < 4.78 is 21.3. The molecule has 1 unspecified atom stereocenters. The lowest BCUT2D eigenvalue weighted by Gasteiger charge is -2.12. The summed E-state index contributed by atoms with van der Waals surface area (Å²) in [7, 11) is 0. The van der Waals surface area contributed by atoms with Crippen LogP contribution in [0.1, 0.15) is 26.1 Å². The average molecular weight is 415 g/mol. The first-order chi connectivity index (χ1) is 14.1. The number of halogens is 1. The van der Waals surface area contributed by atoms with Gasteiger partial charge in [0, 0.05) is 11.7 Å². The third-order valence-corrected chi connectivity index (χ3v) is 5.19. The van der Waals surface area contributed by atoms with Gasteiger partial charge in [0.25, 0.3) is 0 Å². The number of para-hydroxylation sites is 2. The molecule has 1 atom stereocenters. The topological polar surface area (TPSA) is 69.0 Å². The van der Waals surface area contributed by atoms with Gasteiger partial charge in [0.15, 0.2) is 22.5 Å². The highest BCUT2D eigenvalue weighted by Gasteiger charge is 2.17. The van der Waals surface area contributed by atoms with Crippen molar-refractivity contribution in [3.63, 3.8) is 0 Å². The smallest absolute Gasteiger partial charge is 0.230 e. The molecule has 1 amide bonds. The quantitative estimate of drug-likeness (QED) is 0.536. The second kappa shape index (κ2) is 10.1. The van der Waals surface area contributed by atoms with Gasteiger partial charge in [-0.2, -0.15) is 0 Å². The van der Waals surface area contributed by atoms with Crippen molar-refractivity contribution in [1.29, 1.82) is 0 Å². The minimum absolute atomic E-state index is 0.0441. The zero-order chi connectivity index (χ0) is 20.6. The van der Waals surface area contributed by atoms with Crippen molar-refractivity contribution in [1.82, 2.24) is 20.1 Å². The van der Waals surface area contributed by atoms with E-state index in [0.717, 1.165) is 12.1 Å². The summed E-state index contributed by atoms with van der Waals surface area (Å²) in [4.78, 5) is 12.1. The van der Waals surface area contributed by atoms with Crippen molar-refractivity contribution >= 4 is 17.7 Å². The maximum absolute atomic E-state index is 13.8. The lowest BCUT2D eigenvalue weighted by atomic mass is 10.3. The van der Waals surface area contributed by atoms with Crippen molar-refractivity contribution in [3.05, 3.63) is 66.2 Å². The Morgan fingerprint density at radius 1 is 1.17 bits per heavy atom. The number of thioether (sulfide) groups is 1. The number of ether oxygens (including phenoxy) is 1. The molecule has 152 valence electrons. The van der Waals surface area contributed by atoms with E-state index in [0.29, 0.717) is 11.0 Å². The first kappa shape index (κ1) is 20.9. The molecule has 0 saturated heterocycles. The Bertz CT molecular complexity index is 949. The van der Waals surface area contributed by atoms with Gasteiger partial charge in [-0.05, 0) is 37.6 Å². The summed E-state index contributed by atoms with van der Waals surface area (Å²) in [5.74, 6) is 0.399. The highest BCUT2D eigenvalue weighted by molar-refractivity contribution is 7.99. The monoisotopic (exact) mass is 414 g/mol. The van der Waals surface area contributed by atoms with E-state index >= 15 is 0 Å². The maximum atomic E-state index is 13.8. The number of hydrogen-bond acceptors (Lipinski definition) is 5. The summed E-state index contributed by atoms with van der Waals surface area (Å²) in [6.07, 6.45) is 0.869. The fourth-order valence-electron chi connectivity index (χ4n) is 2.58. The highest BCUT2D eigenvalue weighted by atomic mass is 32.2. The van der Waals surface area contributed by atoms with Gasteiger partial charge in [-0.3, -0.25) is 9.36 Å². The standard InChI is InChI=1S/C21H23FN4O2S/c1-3-15(2)23-20(27)14-29-21-25-24-19(26(21)16-9-5-4-6-10-16)13-28-18-12-8-7-11-17(18)22/h4-12,15H,3,13-14H2,1-2H3,(H,23,27). The van der Waals surface area contributed by atoms with Crippen molar-refractivity contribution in [2.24, 2.45) is 0 Å². The van der Waals surface area contributed by atoms with Crippen LogP contribution in [-0.2, 0) is 11.4 Å². The molecule has 1 N–H and O–H groups in total. The SMILES string of the molecule is CCC(C)NC(=O)CSc1nnc(COc2ccccc2F)n1-c1ccccc1. The van der Waals surface area contributed by atoms with Crippen LogP contribution in [0.2, 0.25) is 0 Å². The van der Waals surface area contributed by atoms with Crippen molar-refractivity contribution in [2.75, 3.05) is 5.75 Å². The molecule has 3 rings (SSSR count). The van der Waals surface area contributed by atoms with E-state index in [-0.39, 0.29) is 30.1 Å². The van der Waals surface area contributed by atoms with E-state index in [1.165, 1.54) is 17.8 Å². The van der Waals surface area contributed by atoms with Crippen LogP contribution in [0, 0.1) is 5.82 Å². The lowest BCUT2D eigenvalue weighted by Crippen LogP contribution is -2.33. The second-order valence-corrected chi connectivity index (χ2v) is 7.40. The van der Waals surface area contributed by atoms with Gasteiger partial charge in [0.1, 0.15) is 6.61 Å². The molecule has 0 aliphatic rings. The predicted molar refractivity (Wildman–Crippen MR) is 111 cm³/mol. The first-order valence-electron chi connectivity index (χ1n) is 9.37. The number of aromatic nitrogens is 3. The van der Waals surface area contributed by atoms with Gasteiger partial charge in [-0.15, -0.1) is 10.2 Å². The fourth-order valence-corrected chi connectivity index (χ4v) is 3.36. The predicted octanol–water partition coefficient (Wildman–Crippen LogP) is 3.99. The first-order valence-corrected chi connectivity index (χ1v) is 10.4. The van der Waals surface area contributed by atoms with Crippen LogP contribution in [0.3, 0.4) is 0 Å². The maximum Gasteiger partial charge on any atom is 0.230 e. The molecule has 8 heteroatoms. The number of nitrogens with zero attached hydrogens (tertiary/aromatic N) is 3. The number of amides is 1. The molecule has 6 nitrogen and oxygen atoms in total. The zero-order valence-corrected chi connectivity index (χ0v) is 17.2. The summed E-state index contributed by atoms with van der Waals surface area (Å²) >= 11 is 1.30. The normalized spacial score (nSPS) is 11.8. The van der Waals surface area contributed by atoms with Crippen LogP contribution in [0.4, 0.5) is 4.39 Å². The van der Waals surface area contributed by atoms with Gasteiger partial charge >= 0.3 is 0 Å². The van der Waals surface area contributed by atoms with Crippen LogP contribution in [-0.4, -0.2) is 32.5 Å². The Balaban J connectivity index is 1.78. The fraction of sp³-hybridized carbons (Fsp3) is 0.286. The number of nitrogens with one attached hydrogen (secondary N) is 1. The molecule has 1 heterocycles. The van der Waals surface area contributed by atoms with Gasteiger partial charge in [0.2, 0.25) is 5.91 Å². The molecule has 0 spiro atoms. The van der Waals surface area contributed by atoms with Crippen molar-refractivity contribution < 1.29 is 13.9 Å². The molecule has 0 radical (unpaired) electrons. The van der Waals surface area contributed by atoms with Gasteiger partial charge in [-0.1, -0.05) is 49.0 Å². The summed E-state index contributed by atoms with van der Waals surface area (Å²) in [5.41, 5.74) is 0.842. The number of hydrogen-bond donors (Lipinski definition) is 1. The van der Waals surface area contributed by atoms with E-state index in [4.69, 9.17) is 4.74 Å². The molecule has 0 aliphatic carbocycles. The van der Waals surface area contributed by atoms with Gasteiger partial charge in [-0.25, -0.2) is 4.39 Å². The number of carbonyl (C=O) groups is 1. The summed E-state index contributed by atoms with van der Waals surface area (Å²) in [5, 5.41) is 11.9. The minimum Gasteiger partial charge on any atom is -0.483 e. The molecule has 2 aromatic carbocycles. The number of benzene rings is 2. The van der Waals surface area contributed by atoms with E-state index in [2.05, 4.69) is 15.5 Å². The van der Waals surface area contributed by atoms with Crippen LogP contribution in [0.15, 0.2) is 59.8 Å². The Morgan fingerprint density at radius 3 is 2.62 bits per heavy atom. The van der Waals surface area contributed by atoms with E-state index in [9.17, 15) is 9.18 Å². The Hall–Kier alpha value is -2.87. The Morgan fingerprint density at radius 2 is 1.90 bits per heavy atom. The number of rotatable bonds is 9. The van der Waals surface area contributed by atoms with Crippen LogP contribution < -0.4 is 10.1 Å². The highest BCUT2D eigenvalue weighted by Crippen LogP contribution is 2.23. The third kappa shape index (κ3) is 5.57. The summed E-state index contributed by atoms with van der Waals surface area (Å²) in [6, 6.07) is 15.9. The summed E-state index contributed by atoms with van der Waals surface area (Å²) in [6.45, 7) is 4.03. The molecular weight excluding hydrogens is 391 g/mol. The molecule has 1 aromatic heterocycles. The van der Waals surface area contributed by atoms with E-state index < -0.39 is 5.82 Å². The van der Waals surface area contributed by atoms with Crippen LogP contribution in [0.5, 0.6) is 5.75 Å². The molecule has 29 heavy (non-hydrogen) atoms. The van der Waals surface area contributed by atoms with Crippen LogP contribution in [0.25, 0.3) is 5.69 Å². The molecule has 0 fully saturated rings. The van der Waals surface area contributed by atoms with Gasteiger partial charge < -0.3 is 10.1 Å². The van der Waals surface area contributed by atoms with Crippen molar-refractivity contribution in [3.8, 4) is 11.4 Å². The van der Waals surface area contributed by atoms with E-state index in [1.54, 1.807) is 18.2 Å². The van der Waals surface area contributed by atoms with Gasteiger partial charge in [0.05, 0.1) is 5.75 Å². The molecule has 0 aliphatic heterocycles. The molecule has 0 saturated carbocycles. The second-order valence-electron chi connectivity index (χ2n) is 6.45.